The number of hydrogen-bond donors (Lipinski definition) is 0. The average molecular weight is 717 g/mol. The molecule has 270 valence electrons. The fourth-order valence-electron chi connectivity index (χ4n) is 5.08. The highest BCUT2D eigenvalue weighted by atomic mass is 28.4. The lowest BCUT2D eigenvalue weighted by Crippen LogP contribution is -2.69. The van der Waals surface area contributed by atoms with E-state index in [1.807, 2.05) is 0 Å². The third kappa shape index (κ3) is 10.7. The Labute approximate surface area is 287 Å². The number of carbonyl (C=O) groups excluding carboxylic acids is 1. The second kappa shape index (κ2) is 14.6. The normalized spacial score (nSPS) is 28.2. The summed E-state index contributed by atoms with van der Waals surface area (Å²) in [5.74, 6) is -0.256. The van der Waals surface area contributed by atoms with Crippen molar-refractivity contribution < 1.29 is 32.3 Å². The summed E-state index contributed by atoms with van der Waals surface area (Å²) in [6, 6.07) is 0. The number of carbonyl (C=O) groups is 1. The second-order valence-corrected chi connectivity index (χ2v) is 38.8. The average Bonchev–Trinajstić information content (AvgIpc) is 2.85. The van der Waals surface area contributed by atoms with E-state index in [9.17, 15) is 4.79 Å². The van der Waals surface area contributed by atoms with Crippen LogP contribution in [0.3, 0.4) is 0 Å². The van der Waals surface area contributed by atoms with Crippen molar-refractivity contribution in [3.05, 3.63) is 11.8 Å². The van der Waals surface area contributed by atoms with E-state index in [2.05, 4.69) is 133 Å². The first-order valence-electron chi connectivity index (χ1n) is 17.5. The van der Waals surface area contributed by atoms with Crippen molar-refractivity contribution in [2.45, 2.75) is 198 Å². The maximum Gasteiger partial charge on any atom is 0.308 e. The van der Waals surface area contributed by atoms with Crippen LogP contribution in [0.15, 0.2) is 11.8 Å². The van der Waals surface area contributed by atoms with Crippen LogP contribution in [0.25, 0.3) is 0 Å². The van der Waals surface area contributed by atoms with Crippen LogP contribution < -0.4 is 0 Å². The van der Waals surface area contributed by atoms with Gasteiger partial charge in [0.15, 0.2) is 25.0 Å². The molecule has 46 heavy (non-hydrogen) atoms. The maximum atomic E-state index is 12.4. The number of rotatable bonds is 11. The van der Waals surface area contributed by atoms with Crippen molar-refractivity contribution in [2.24, 2.45) is 0 Å². The summed E-state index contributed by atoms with van der Waals surface area (Å²) in [5.41, 5.74) is 2.40. The van der Waals surface area contributed by atoms with E-state index in [0.717, 1.165) is 12.8 Å². The Balaban J connectivity index is 2.82. The molecule has 0 aromatic rings. The minimum absolute atomic E-state index is 0.0211. The fourth-order valence-corrected chi connectivity index (χ4v) is 9.70. The summed E-state index contributed by atoms with van der Waals surface area (Å²) in [5, 5.41) is -0.0231. The molecule has 0 radical (unpaired) electrons. The monoisotopic (exact) mass is 716 g/mol. The summed E-state index contributed by atoms with van der Waals surface area (Å²) >= 11 is 0. The van der Waals surface area contributed by atoms with Gasteiger partial charge in [-0.1, -0.05) is 93.7 Å². The molecule has 0 N–H and O–H groups in total. The Kier molecular flexibility index (Phi) is 13.4. The number of methoxy groups -OCH3 is 1. The third-order valence-corrected chi connectivity index (χ3v) is 25.8. The van der Waals surface area contributed by atoms with Crippen molar-refractivity contribution in [3.8, 4) is 0 Å². The largest absolute Gasteiger partial charge is 0.469 e. The first-order chi connectivity index (χ1) is 20.4. The first kappa shape index (κ1) is 42.0. The van der Waals surface area contributed by atoms with Crippen molar-refractivity contribution >= 4 is 39.0 Å². The summed E-state index contributed by atoms with van der Waals surface area (Å²) in [6.07, 6.45) is 1.77. The molecule has 11 heteroatoms. The van der Waals surface area contributed by atoms with Crippen molar-refractivity contribution in [1.29, 1.82) is 0 Å². The van der Waals surface area contributed by atoms with Gasteiger partial charge in [0.2, 0.25) is 0 Å². The molecule has 0 amide bonds. The van der Waals surface area contributed by atoms with Crippen molar-refractivity contribution in [1.82, 2.24) is 0 Å². The highest BCUT2D eigenvalue weighted by molar-refractivity contribution is 6.81. The van der Waals surface area contributed by atoms with Gasteiger partial charge in [0.25, 0.3) is 0 Å². The molecule has 0 unspecified atom stereocenters. The number of hydrogen-bond acceptors (Lipinski definition) is 7. The molecule has 2 aliphatic rings. The molecule has 2 aliphatic heterocycles. The van der Waals surface area contributed by atoms with E-state index in [1.165, 1.54) is 7.11 Å². The number of esters is 1. The molecule has 2 heterocycles. The molecule has 0 aliphatic carbocycles. The Bertz CT molecular complexity index is 1050. The Morgan fingerprint density at radius 1 is 0.739 bits per heavy atom. The minimum Gasteiger partial charge on any atom is -0.469 e. The molecule has 2 saturated heterocycles. The van der Waals surface area contributed by atoms with Gasteiger partial charge in [-0.3, -0.25) is 4.79 Å². The number of fused-ring (bicyclic) bond motifs is 1. The van der Waals surface area contributed by atoms with E-state index in [4.69, 9.17) is 27.5 Å². The molecule has 0 aromatic carbocycles. The van der Waals surface area contributed by atoms with Crippen LogP contribution in [-0.2, 0) is 32.3 Å². The van der Waals surface area contributed by atoms with E-state index >= 15 is 0 Å². The zero-order valence-electron chi connectivity index (χ0n) is 33.2. The lowest BCUT2D eigenvalue weighted by molar-refractivity contribution is -0.266. The molecule has 0 bridgehead atoms. The fraction of sp³-hybridized carbons (Fsp3) is 0.914. The van der Waals surface area contributed by atoms with Crippen LogP contribution in [0.1, 0.15) is 81.6 Å². The third-order valence-electron chi connectivity index (χ3n) is 11.2. The van der Waals surface area contributed by atoms with Gasteiger partial charge in [-0.05, 0) is 67.2 Å². The van der Waals surface area contributed by atoms with Crippen molar-refractivity contribution in [3.63, 3.8) is 0 Å². The van der Waals surface area contributed by atoms with Crippen LogP contribution in [0.5, 0.6) is 0 Å². The summed E-state index contributed by atoms with van der Waals surface area (Å²) in [7, 11) is -7.01. The van der Waals surface area contributed by atoms with Crippen LogP contribution >= 0.6 is 0 Å². The van der Waals surface area contributed by atoms with Gasteiger partial charge in [-0.2, -0.15) is 0 Å². The molecule has 7 nitrogen and oxygen atoms in total. The highest BCUT2D eigenvalue weighted by Gasteiger charge is 2.57. The van der Waals surface area contributed by atoms with E-state index in [0.29, 0.717) is 0 Å². The predicted molar refractivity (Wildman–Crippen MR) is 202 cm³/mol. The van der Waals surface area contributed by atoms with Crippen LogP contribution in [0, 0.1) is 0 Å². The minimum atomic E-state index is -2.34. The zero-order valence-corrected chi connectivity index (χ0v) is 37.2. The van der Waals surface area contributed by atoms with Crippen LogP contribution in [-0.4, -0.2) is 88.8 Å². The van der Waals surface area contributed by atoms with Crippen molar-refractivity contribution in [2.75, 3.05) is 7.11 Å². The molecule has 0 saturated carbocycles. The number of ether oxygens (including phenoxy) is 3. The van der Waals surface area contributed by atoms with Crippen LogP contribution in [0.2, 0.25) is 74.0 Å². The summed E-state index contributed by atoms with van der Waals surface area (Å²) in [6.45, 7) is 41.5. The standard InChI is InChI=1S/C35H72O7Si4/c1-33(2,3)44(14,15)40-27(22-23-43(11,12)13)30-32(42-46(18,19)35(7,8)9)31(41-45(16,17)34(4,5)6)29-26(39-30)21-20-25(38-29)24-28(36)37-10/h22-23,25-27,29-32H,20-21,24H2,1-19H3/b23-22+/t25-,26+,27+,29+,30+,31+,32-/m1/s1. The molecule has 0 spiro atoms. The summed E-state index contributed by atoms with van der Waals surface area (Å²) in [4.78, 5) is 12.4. The van der Waals surface area contributed by atoms with E-state index in [1.54, 1.807) is 0 Å². The highest BCUT2D eigenvalue weighted by Crippen LogP contribution is 2.47. The lowest BCUT2D eigenvalue weighted by Gasteiger charge is -2.56. The van der Waals surface area contributed by atoms with Gasteiger partial charge in [0.1, 0.15) is 24.4 Å². The Hall–Kier alpha value is -0.122. The second-order valence-electron chi connectivity index (χ2n) is 19.5. The molecule has 7 atom stereocenters. The smallest absolute Gasteiger partial charge is 0.308 e. The zero-order chi connectivity index (χ0) is 35.9. The lowest BCUT2D eigenvalue weighted by atomic mass is 9.87. The van der Waals surface area contributed by atoms with Crippen LogP contribution in [0.4, 0.5) is 0 Å². The quantitative estimate of drug-likeness (QED) is 0.156. The van der Waals surface area contributed by atoms with E-state index < -0.39 is 39.1 Å². The Morgan fingerprint density at radius 2 is 1.22 bits per heavy atom. The SMILES string of the molecule is COC(=O)C[C@H]1CC[C@@H]2O[C@@H]([C@H](/C=C/[Si](C)(C)C)O[Si](C)(C)C(C)(C)C)[C@@H](O[Si](C)(C)C(C)(C)C)[C@@H](O[Si](C)(C)C(C)(C)C)[C@H]2O1. The molecule has 2 rings (SSSR count). The van der Waals surface area contributed by atoms with E-state index in [-0.39, 0.29) is 64.1 Å². The van der Waals surface area contributed by atoms with Gasteiger partial charge in [0.05, 0.1) is 39.9 Å². The molecular weight excluding hydrogens is 645 g/mol. The van der Waals surface area contributed by atoms with Gasteiger partial charge in [0, 0.05) is 0 Å². The predicted octanol–water partition coefficient (Wildman–Crippen LogP) is 9.47. The molecular formula is C35H72O7Si4. The van der Waals surface area contributed by atoms with Gasteiger partial charge in [-0.15, -0.1) is 0 Å². The van der Waals surface area contributed by atoms with Gasteiger partial charge in [-0.25, -0.2) is 0 Å². The first-order valence-corrected chi connectivity index (χ1v) is 29.8. The van der Waals surface area contributed by atoms with Gasteiger partial charge >= 0.3 is 5.97 Å². The van der Waals surface area contributed by atoms with Gasteiger partial charge < -0.3 is 27.5 Å². The topological polar surface area (TPSA) is 72.5 Å². The summed E-state index contributed by atoms with van der Waals surface area (Å²) < 4.78 is 41.3. The maximum absolute atomic E-state index is 12.4. The molecule has 2 fully saturated rings. The Morgan fingerprint density at radius 3 is 1.65 bits per heavy atom. The molecule has 0 aromatic heterocycles.